The summed E-state index contributed by atoms with van der Waals surface area (Å²) in [5, 5.41) is 11.1. The minimum Gasteiger partial charge on any atom is -0.233 e. The third-order valence-corrected chi connectivity index (χ3v) is 3.31. The van der Waals surface area contributed by atoms with Crippen LogP contribution in [0.1, 0.15) is 78.6 Å². The summed E-state index contributed by atoms with van der Waals surface area (Å²) in [6, 6.07) is 0. The van der Waals surface area contributed by atoms with Gasteiger partial charge in [-0.15, -0.1) is 0 Å². The van der Waals surface area contributed by atoms with Crippen molar-refractivity contribution in [3.8, 4) is 0 Å². The van der Waals surface area contributed by atoms with Crippen LogP contribution in [0, 0.1) is 5.92 Å². The number of unbranched alkanes of at least 4 members (excludes halogenated alkanes) is 7. The van der Waals surface area contributed by atoms with Gasteiger partial charge in [-0.3, -0.25) is 0 Å². The minimum atomic E-state index is -0.380. The third kappa shape index (κ3) is 10.2. The zero-order valence-electron chi connectivity index (χ0n) is 10.9. The predicted octanol–water partition coefficient (Wildman–Crippen LogP) is 4.97. The summed E-state index contributed by atoms with van der Waals surface area (Å²) in [4.78, 5) is 0. The van der Waals surface area contributed by atoms with E-state index in [1.165, 1.54) is 51.4 Å². The van der Waals surface area contributed by atoms with Gasteiger partial charge in [0.2, 0.25) is 0 Å². The van der Waals surface area contributed by atoms with Crippen molar-refractivity contribution in [3.63, 3.8) is 0 Å². The average Bonchev–Trinajstić information content (AvgIpc) is 2.21. The molecule has 91 valence electrons. The molecule has 15 heavy (non-hydrogen) atoms. The van der Waals surface area contributed by atoms with Gasteiger partial charge in [0.1, 0.15) is 0 Å². The Morgan fingerprint density at radius 2 is 1.27 bits per heavy atom. The fourth-order valence-electron chi connectivity index (χ4n) is 1.83. The Bertz CT molecular complexity index is 121. The van der Waals surface area contributed by atoms with Crippen molar-refractivity contribution in [1.29, 1.82) is 0 Å². The molecule has 0 aromatic rings. The smallest absolute Gasteiger partial charge is 0.0927 e. The first-order valence-electron chi connectivity index (χ1n) is 6.84. The zero-order valence-corrected chi connectivity index (χ0v) is 10.9. The molecule has 0 aliphatic carbocycles. The minimum absolute atomic E-state index is 0.366. The molecule has 1 radical (unpaired) electrons. The monoisotopic (exact) mass is 213 g/mol. The fraction of sp³-hybridized carbons (Fsp3) is 1.00. The van der Waals surface area contributed by atoms with Crippen LogP contribution in [-0.4, -0.2) is 6.10 Å². The standard InChI is InChI=1S/C14H29O/c1-4-5-6-7-8-9-10-11-12-13(2)14(3)15/h13-14H,4-12H2,1-3H3. The van der Waals surface area contributed by atoms with Gasteiger partial charge in [0.05, 0.1) is 6.10 Å². The van der Waals surface area contributed by atoms with Gasteiger partial charge in [0, 0.05) is 0 Å². The first-order chi connectivity index (χ1) is 7.18. The van der Waals surface area contributed by atoms with E-state index < -0.39 is 0 Å². The van der Waals surface area contributed by atoms with E-state index in [1.807, 2.05) is 0 Å². The zero-order chi connectivity index (χ0) is 11.5. The van der Waals surface area contributed by atoms with Crippen LogP contribution in [0.3, 0.4) is 0 Å². The van der Waals surface area contributed by atoms with E-state index >= 15 is 0 Å². The molecule has 0 N–H and O–H groups in total. The van der Waals surface area contributed by atoms with Crippen LogP contribution in [0.5, 0.6) is 0 Å². The molecule has 0 heterocycles. The molecule has 0 bridgehead atoms. The Balaban J connectivity index is 3.05. The summed E-state index contributed by atoms with van der Waals surface area (Å²) in [5.74, 6) is 0.366. The van der Waals surface area contributed by atoms with Gasteiger partial charge in [-0.2, -0.15) is 0 Å². The van der Waals surface area contributed by atoms with Crippen molar-refractivity contribution in [2.75, 3.05) is 0 Å². The Morgan fingerprint density at radius 1 is 0.800 bits per heavy atom. The summed E-state index contributed by atoms with van der Waals surface area (Å²) in [7, 11) is 0. The molecule has 0 aromatic heterocycles. The fourth-order valence-corrected chi connectivity index (χ4v) is 1.83. The van der Waals surface area contributed by atoms with Gasteiger partial charge in [-0.25, -0.2) is 5.11 Å². The van der Waals surface area contributed by atoms with E-state index in [4.69, 9.17) is 0 Å². The van der Waals surface area contributed by atoms with Crippen LogP contribution in [0.4, 0.5) is 0 Å². The molecule has 2 unspecified atom stereocenters. The van der Waals surface area contributed by atoms with E-state index in [-0.39, 0.29) is 6.10 Å². The topological polar surface area (TPSA) is 19.9 Å². The van der Waals surface area contributed by atoms with E-state index in [1.54, 1.807) is 6.92 Å². The lowest BCUT2D eigenvalue weighted by Gasteiger charge is -2.11. The van der Waals surface area contributed by atoms with E-state index in [0.29, 0.717) is 5.92 Å². The molecule has 0 spiro atoms. The summed E-state index contributed by atoms with van der Waals surface area (Å²) in [5.41, 5.74) is 0. The molecule has 2 atom stereocenters. The second kappa shape index (κ2) is 10.5. The van der Waals surface area contributed by atoms with Crippen LogP contribution >= 0.6 is 0 Å². The summed E-state index contributed by atoms with van der Waals surface area (Å²) >= 11 is 0. The van der Waals surface area contributed by atoms with Gasteiger partial charge in [0.15, 0.2) is 0 Å². The predicted molar refractivity (Wildman–Crippen MR) is 66.5 cm³/mol. The second-order valence-corrected chi connectivity index (χ2v) is 4.95. The summed E-state index contributed by atoms with van der Waals surface area (Å²) in [6.07, 6.45) is 11.6. The van der Waals surface area contributed by atoms with Crippen LogP contribution in [0.25, 0.3) is 0 Å². The van der Waals surface area contributed by atoms with Gasteiger partial charge in [0.25, 0.3) is 0 Å². The maximum atomic E-state index is 11.1. The lowest BCUT2D eigenvalue weighted by atomic mass is 9.98. The number of hydrogen-bond acceptors (Lipinski definition) is 0. The SMILES string of the molecule is CCCCCCCCCCC(C)C(C)[O]. The number of rotatable bonds is 10. The van der Waals surface area contributed by atoms with Crippen LogP contribution in [0.15, 0.2) is 0 Å². The quantitative estimate of drug-likeness (QED) is 0.456. The van der Waals surface area contributed by atoms with Gasteiger partial charge in [-0.05, 0) is 19.3 Å². The second-order valence-electron chi connectivity index (χ2n) is 4.95. The molecule has 0 aromatic carbocycles. The summed E-state index contributed by atoms with van der Waals surface area (Å²) in [6.45, 7) is 6.12. The Kier molecular flexibility index (Phi) is 10.4. The highest BCUT2D eigenvalue weighted by Gasteiger charge is 2.08. The van der Waals surface area contributed by atoms with Crippen molar-refractivity contribution in [2.45, 2.75) is 84.7 Å². The molecular formula is C14H29O. The largest absolute Gasteiger partial charge is 0.233 e. The molecular weight excluding hydrogens is 184 g/mol. The van der Waals surface area contributed by atoms with Crippen molar-refractivity contribution in [3.05, 3.63) is 0 Å². The Morgan fingerprint density at radius 3 is 1.73 bits per heavy atom. The third-order valence-electron chi connectivity index (χ3n) is 3.31. The first-order valence-corrected chi connectivity index (χ1v) is 6.84. The van der Waals surface area contributed by atoms with Crippen molar-refractivity contribution in [1.82, 2.24) is 0 Å². The Hall–Kier alpha value is -0.0400. The maximum Gasteiger partial charge on any atom is 0.0927 e. The summed E-state index contributed by atoms with van der Waals surface area (Å²) < 4.78 is 0. The lowest BCUT2D eigenvalue weighted by molar-refractivity contribution is 0.0546. The van der Waals surface area contributed by atoms with E-state index in [2.05, 4.69) is 13.8 Å². The van der Waals surface area contributed by atoms with Crippen molar-refractivity contribution >= 4 is 0 Å². The van der Waals surface area contributed by atoms with E-state index in [9.17, 15) is 5.11 Å². The molecule has 0 aliphatic heterocycles. The highest BCUT2D eigenvalue weighted by atomic mass is 16.3. The molecule has 0 saturated carbocycles. The molecule has 0 saturated heterocycles. The van der Waals surface area contributed by atoms with Crippen LogP contribution in [0.2, 0.25) is 0 Å². The lowest BCUT2D eigenvalue weighted by Crippen LogP contribution is -2.10. The highest BCUT2D eigenvalue weighted by Crippen LogP contribution is 2.15. The van der Waals surface area contributed by atoms with Gasteiger partial charge in [-0.1, -0.05) is 65.2 Å². The normalized spacial score (nSPS) is 15.2. The first kappa shape index (κ1) is 15.0. The van der Waals surface area contributed by atoms with Crippen LogP contribution in [-0.2, 0) is 5.11 Å². The molecule has 1 nitrogen and oxygen atoms in total. The maximum absolute atomic E-state index is 11.1. The Labute approximate surface area is 96.3 Å². The van der Waals surface area contributed by atoms with Crippen LogP contribution < -0.4 is 0 Å². The molecule has 0 aliphatic rings. The van der Waals surface area contributed by atoms with Crippen molar-refractivity contribution in [2.24, 2.45) is 5.92 Å². The van der Waals surface area contributed by atoms with Gasteiger partial charge >= 0.3 is 0 Å². The highest BCUT2D eigenvalue weighted by molar-refractivity contribution is 4.58. The average molecular weight is 213 g/mol. The molecule has 1 heteroatoms. The molecule has 0 amide bonds. The molecule has 0 fully saturated rings. The van der Waals surface area contributed by atoms with Crippen molar-refractivity contribution < 1.29 is 5.11 Å². The molecule has 0 rings (SSSR count). The van der Waals surface area contributed by atoms with E-state index in [0.717, 1.165) is 6.42 Å². The number of hydrogen-bond donors (Lipinski definition) is 0. The van der Waals surface area contributed by atoms with Gasteiger partial charge < -0.3 is 0 Å².